The Labute approximate surface area is 179 Å². The lowest BCUT2D eigenvalue weighted by Gasteiger charge is -2.29. The fraction of sp³-hybridized carbons (Fsp3) is 0.400. The quantitative estimate of drug-likeness (QED) is 0.545. The van der Waals surface area contributed by atoms with E-state index >= 15 is 0 Å². The molecule has 0 saturated heterocycles. The van der Waals surface area contributed by atoms with Gasteiger partial charge >= 0.3 is 0 Å². The Balaban J connectivity index is 0.00000124. The summed E-state index contributed by atoms with van der Waals surface area (Å²) >= 11 is 0. The normalized spacial score (nSPS) is 13.3. The van der Waals surface area contributed by atoms with Crippen LogP contribution in [0.2, 0.25) is 0 Å². The molecule has 0 radical (unpaired) electrons. The van der Waals surface area contributed by atoms with E-state index in [-0.39, 0.29) is 5.75 Å². The van der Waals surface area contributed by atoms with Gasteiger partial charge in [-0.25, -0.2) is 4.98 Å². The van der Waals surface area contributed by atoms with Crippen molar-refractivity contribution in [1.82, 2.24) is 9.88 Å². The predicted molar refractivity (Wildman–Crippen MR) is 121 cm³/mol. The van der Waals surface area contributed by atoms with Crippen molar-refractivity contribution < 1.29 is 14.6 Å². The zero-order valence-electron chi connectivity index (χ0n) is 18.2. The van der Waals surface area contributed by atoms with E-state index in [4.69, 9.17) is 9.47 Å². The standard InChI is InChI=1S/C23H26N2O3.C2H6/c1-27-20-9-7-19-16-25(13-11-18(19)15-20)12-2-3-14-28-22-10-8-17-5-4-6-21(26)23(17)24-22;1-2/h4-10,15,26H,2-3,11-14,16H2,1H3;1-2H3. The van der Waals surface area contributed by atoms with Crippen LogP contribution >= 0.6 is 0 Å². The highest BCUT2D eigenvalue weighted by atomic mass is 16.5. The van der Waals surface area contributed by atoms with Crippen molar-refractivity contribution in [3.63, 3.8) is 0 Å². The smallest absolute Gasteiger partial charge is 0.213 e. The molecule has 2 heterocycles. The first-order chi connectivity index (χ1) is 14.7. The fourth-order valence-electron chi connectivity index (χ4n) is 3.71. The summed E-state index contributed by atoms with van der Waals surface area (Å²) in [6, 6.07) is 15.6. The summed E-state index contributed by atoms with van der Waals surface area (Å²) in [6.45, 7) is 7.80. The molecule has 2 aromatic carbocycles. The number of hydrogen-bond donors (Lipinski definition) is 1. The number of benzene rings is 2. The first-order valence-corrected chi connectivity index (χ1v) is 10.8. The van der Waals surface area contributed by atoms with Crippen LogP contribution in [-0.4, -0.2) is 41.8 Å². The predicted octanol–water partition coefficient (Wildman–Crippen LogP) is 5.19. The molecule has 1 aromatic heterocycles. The number of pyridine rings is 1. The topological polar surface area (TPSA) is 54.8 Å². The molecule has 0 bridgehead atoms. The number of aromatic nitrogens is 1. The highest BCUT2D eigenvalue weighted by molar-refractivity contribution is 5.84. The summed E-state index contributed by atoms with van der Waals surface area (Å²) in [7, 11) is 1.72. The fourth-order valence-corrected chi connectivity index (χ4v) is 3.71. The van der Waals surface area contributed by atoms with Crippen molar-refractivity contribution >= 4 is 10.9 Å². The number of ether oxygens (including phenoxy) is 2. The summed E-state index contributed by atoms with van der Waals surface area (Å²) in [5.74, 6) is 1.70. The van der Waals surface area contributed by atoms with Gasteiger partial charge in [0.25, 0.3) is 0 Å². The molecular weight excluding hydrogens is 376 g/mol. The molecule has 1 aliphatic rings. The molecule has 30 heavy (non-hydrogen) atoms. The summed E-state index contributed by atoms with van der Waals surface area (Å²) in [4.78, 5) is 6.91. The van der Waals surface area contributed by atoms with E-state index in [1.807, 2.05) is 44.2 Å². The van der Waals surface area contributed by atoms with Crippen LogP contribution in [0, 0.1) is 0 Å². The molecule has 0 fully saturated rings. The lowest BCUT2D eigenvalue weighted by Crippen LogP contribution is -2.31. The molecule has 3 aromatic rings. The molecule has 0 unspecified atom stereocenters. The maximum absolute atomic E-state index is 9.92. The Morgan fingerprint density at radius 1 is 1.03 bits per heavy atom. The number of phenolic OH excluding ortho intramolecular Hbond substituents is 1. The van der Waals surface area contributed by atoms with Gasteiger partial charge < -0.3 is 14.6 Å². The molecule has 1 aliphatic heterocycles. The maximum atomic E-state index is 9.92. The highest BCUT2D eigenvalue weighted by Crippen LogP contribution is 2.25. The van der Waals surface area contributed by atoms with E-state index in [0.29, 0.717) is 18.0 Å². The molecule has 0 amide bonds. The Hall–Kier alpha value is -2.79. The van der Waals surface area contributed by atoms with Crippen LogP contribution in [0.15, 0.2) is 48.5 Å². The van der Waals surface area contributed by atoms with E-state index < -0.39 is 0 Å². The van der Waals surface area contributed by atoms with Crippen molar-refractivity contribution in [3.8, 4) is 17.4 Å². The largest absolute Gasteiger partial charge is 0.506 e. The Kier molecular flexibility index (Phi) is 7.91. The van der Waals surface area contributed by atoms with Crippen LogP contribution < -0.4 is 9.47 Å². The lowest BCUT2D eigenvalue weighted by molar-refractivity contribution is 0.233. The molecule has 0 atom stereocenters. The van der Waals surface area contributed by atoms with Gasteiger partial charge in [0.2, 0.25) is 5.88 Å². The number of nitrogens with zero attached hydrogens (tertiary/aromatic N) is 2. The number of methoxy groups -OCH3 is 1. The lowest BCUT2D eigenvalue weighted by atomic mass is 9.99. The maximum Gasteiger partial charge on any atom is 0.213 e. The highest BCUT2D eigenvalue weighted by Gasteiger charge is 2.16. The third-order valence-corrected chi connectivity index (χ3v) is 5.30. The number of unbranched alkanes of at least 4 members (excludes halogenated alkanes) is 1. The van der Waals surface area contributed by atoms with Gasteiger partial charge in [-0.05, 0) is 61.2 Å². The van der Waals surface area contributed by atoms with Crippen molar-refractivity contribution in [3.05, 3.63) is 59.7 Å². The van der Waals surface area contributed by atoms with E-state index in [0.717, 1.165) is 50.0 Å². The molecule has 1 N–H and O–H groups in total. The van der Waals surface area contributed by atoms with Crippen LogP contribution in [0.1, 0.15) is 37.8 Å². The Morgan fingerprint density at radius 2 is 1.90 bits per heavy atom. The average Bonchev–Trinajstić information content (AvgIpc) is 2.80. The van der Waals surface area contributed by atoms with Crippen LogP contribution in [-0.2, 0) is 13.0 Å². The summed E-state index contributed by atoms with van der Waals surface area (Å²) in [5, 5.41) is 10.8. The van der Waals surface area contributed by atoms with Gasteiger partial charge in [0.15, 0.2) is 0 Å². The summed E-state index contributed by atoms with van der Waals surface area (Å²) in [5.41, 5.74) is 3.40. The van der Waals surface area contributed by atoms with Crippen molar-refractivity contribution in [2.45, 2.75) is 39.7 Å². The van der Waals surface area contributed by atoms with Crippen molar-refractivity contribution in [2.75, 3.05) is 26.8 Å². The second kappa shape index (κ2) is 10.8. The van der Waals surface area contributed by atoms with Gasteiger partial charge in [0.05, 0.1) is 13.7 Å². The number of aromatic hydroxyl groups is 1. The van der Waals surface area contributed by atoms with Gasteiger partial charge in [0.1, 0.15) is 17.0 Å². The Morgan fingerprint density at radius 3 is 2.73 bits per heavy atom. The van der Waals surface area contributed by atoms with E-state index in [1.165, 1.54) is 11.1 Å². The Bertz CT molecular complexity index is 958. The third kappa shape index (κ3) is 5.42. The van der Waals surface area contributed by atoms with E-state index in [2.05, 4.69) is 22.0 Å². The van der Waals surface area contributed by atoms with Crippen molar-refractivity contribution in [1.29, 1.82) is 0 Å². The van der Waals surface area contributed by atoms with Crippen LogP contribution in [0.3, 0.4) is 0 Å². The number of fused-ring (bicyclic) bond motifs is 2. The number of phenols is 1. The second-order valence-corrected chi connectivity index (χ2v) is 7.21. The molecule has 5 heteroatoms. The molecule has 5 nitrogen and oxygen atoms in total. The van der Waals surface area contributed by atoms with Gasteiger partial charge in [-0.1, -0.05) is 32.0 Å². The first kappa shape index (κ1) is 21.9. The second-order valence-electron chi connectivity index (χ2n) is 7.21. The monoisotopic (exact) mass is 408 g/mol. The number of hydrogen-bond acceptors (Lipinski definition) is 5. The number of rotatable bonds is 7. The SMILES string of the molecule is CC.COc1ccc2c(c1)CCN(CCCCOc1ccc3cccc(O)c3n1)C2. The minimum Gasteiger partial charge on any atom is -0.506 e. The third-order valence-electron chi connectivity index (χ3n) is 5.30. The van der Waals surface area contributed by atoms with Crippen molar-refractivity contribution in [2.24, 2.45) is 0 Å². The van der Waals surface area contributed by atoms with Gasteiger partial charge in [-0.3, -0.25) is 4.90 Å². The van der Waals surface area contributed by atoms with Crippen LogP contribution in [0.4, 0.5) is 0 Å². The molecular formula is C25H32N2O3. The van der Waals surface area contributed by atoms with E-state index in [9.17, 15) is 5.11 Å². The van der Waals surface area contributed by atoms with Gasteiger partial charge in [0, 0.05) is 24.5 Å². The molecule has 0 saturated carbocycles. The summed E-state index contributed by atoms with van der Waals surface area (Å²) in [6.07, 6.45) is 3.14. The molecule has 0 spiro atoms. The van der Waals surface area contributed by atoms with E-state index in [1.54, 1.807) is 13.2 Å². The number of para-hydroxylation sites is 1. The van der Waals surface area contributed by atoms with Gasteiger partial charge in [-0.2, -0.15) is 0 Å². The van der Waals surface area contributed by atoms with Crippen LogP contribution in [0.25, 0.3) is 10.9 Å². The zero-order chi connectivity index (χ0) is 21.3. The molecule has 0 aliphatic carbocycles. The molecule has 4 rings (SSSR count). The zero-order valence-corrected chi connectivity index (χ0v) is 18.2. The minimum atomic E-state index is 0.186. The van der Waals surface area contributed by atoms with Crippen LogP contribution in [0.5, 0.6) is 17.4 Å². The van der Waals surface area contributed by atoms with Gasteiger partial charge in [-0.15, -0.1) is 0 Å². The minimum absolute atomic E-state index is 0.186. The average molecular weight is 409 g/mol. The summed E-state index contributed by atoms with van der Waals surface area (Å²) < 4.78 is 11.1. The molecule has 160 valence electrons. The first-order valence-electron chi connectivity index (χ1n) is 10.8.